The molecular weight excluding hydrogens is 190 g/mol. The maximum Gasteiger partial charge on any atom is 0.227 e. The van der Waals surface area contributed by atoms with Gasteiger partial charge in [-0.15, -0.1) is 0 Å². The van der Waals surface area contributed by atoms with Crippen LogP contribution in [0.2, 0.25) is 0 Å². The molecule has 1 heterocycles. The van der Waals surface area contributed by atoms with Gasteiger partial charge in [-0.2, -0.15) is 0 Å². The Hall–Kier alpha value is -0.610. The number of hydrogen-bond donors (Lipinski definition) is 2. The molecule has 4 nitrogen and oxygen atoms in total. The fourth-order valence-corrected chi connectivity index (χ4v) is 2.29. The minimum absolute atomic E-state index is 0.180. The summed E-state index contributed by atoms with van der Waals surface area (Å²) in [6.45, 7) is 3.59. The van der Waals surface area contributed by atoms with Gasteiger partial charge in [0, 0.05) is 19.6 Å². The third-order valence-corrected chi connectivity index (χ3v) is 3.77. The normalized spacial score (nSPS) is 29.1. The lowest BCUT2D eigenvalue weighted by atomic mass is 10.1. The van der Waals surface area contributed by atoms with E-state index in [1.165, 1.54) is 6.42 Å². The first-order valence-corrected chi connectivity index (χ1v) is 5.83. The Morgan fingerprint density at radius 2 is 2.33 bits per heavy atom. The highest BCUT2D eigenvalue weighted by atomic mass is 16.2. The van der Waals surface area contributed by atoms with E-state index in [0.717, 1.165) is 32.5 Å². The molecule has 1 atom stereocenters. The molecule has 15 heavy (non-hydrogen) atoms. The quantitative estimate of drug-likeness (QED) is 0.676. The van der Waals surface area contributed by atoms with E-state index in [1.54, 1.807) is 0 Å². The van der Waals surface area contributed by atoms with Crippen LogP contribution in [0.4, 0.5) is 0 Å². The summed E-state index contributed by atoms with van der Waals surface area (Å²) >= 11 is 0. The fourth-order valence-electron chi connectivity index (χ4n) is 2.29. The molecule has 1 saturated heterocycles. The Morgan fingerprint density at radius 1 is 1.60 bits per heavy atom. The average molecular weight is 211 g/mol. The van der Waals surface area contributed by atoms with Gasteiger partial charge in [-0.1, -0.05) is 0 Å². The number of nitrogens with zero attached hydrogens (tertiary/aromatic N) is 1. The number of rotatable bonds is 4. The molecule has 0 spiro atoms. The molecule has 2 fully saturated rings. The first-order valence-electron chi connectivity index (χ1n) is 5.83. The number of nitrogens with two attached hydrogens (primary N) is 1. The Balaban J connectivity index is 1.72. The predicted molar refractivity (Wildman–Crippen MR) is 59.3 cm³/mol. The van der Waals surface area contributed by atoms with Gasteiger partial charge < -0.3 is 16.0 Å². The van der Waals surface area contributed by atoms with Crippen LogP contribution in [0.3, 0.4) is 0 Å². The van der Waals surface area contributed by atoms with E-state index >= 15 is 0 Å². The zero-order valence-corrected chi connectivity index (χ0v) is 9.46. The second-order valence-electron chi connectivity index (χ2n) is 5.11. The third kappa shape index (κ3) is 2.32. The van der Waals surface area contributed by atoms with E-state index in [2.05, 4.69) is 17.3 Å². The lowest BCUT2D eigenvalue weighted by molar-refractivity contribution is -0.126. The predicted octanol–water partition coefficient (Wildman–Crippen LogP) is -0.207. The molecule has 1 unspecified atom stereocenters. The van der Waals surface area contributed by atoms with Gasteiger partial charge in [-0.05, 0) is 38.8 Å². The molecule has 2 rings (SSSR count). The zero-order chi connectivity index (χ0) is 10.9. The van der Waals surface area contributed by atoms with Crippen molar-refractivity contribution in [2.24, 2.45) is 17.1 Å². The van der Waals surface area contributed by atoms with Crippen LogP contribution in [-0.2, 0) is 4.79 Å². The maximum absolute atomic E-state index is 11.8. The molecule has 1 aliphatic carbocycles. The number of carbonyl (C=O) groups is 1. The Bertz CT molecular complexity index is 250. The molecule has 1 saturated carbocycles. The highest BCUT2D eigenvalue weighted by molar-refractivity contribution is 5.85. The van der Waals surface area contributed by atoms with Crippen molar-refractivity contribution in [3.05, 3.63) is 0 Å². The number of nitrogens with one attached hydrogen (secondary N) is 1. The highest BCUT2D eigenvalue weighted by Gasteiger charge is 2.48. The molecule has 0 aromatic carbocycles. The molecule has 3 N–H and O–H groups in total. The van der Waals surface area contributed by atoms with Gasteiger partial charge >= 0.3 is 0 Å². The second kappa shape index (κ2) is 4.10. The van der Waals surface area contributed by atoms with Gasteiger partial charge in [0.05, 0.1) is 5.41 Å². The Morgan fingerprint density at radius 3 is 2.80 bits per heavy atom. The SMILES string of the molecule is CN1CCC(CNC(=O)C2(CN)CC2)C1. The first kappa shape index (κ1) is 10.9. The molecule has 2 aliphatic rings. The third-order valence-electron chi connectivity index (χ3n) is 3.77. The summed E-state index contributed by atoms with van der Waals surface area (Å²) in [6, 6.07) is 0. The van der Waals surface area contributed by atoms with Gasteiger partial charge in [0.25, 0.3) is 0 Å². The van der Waals surface area contributed by atoms with Gasteiger partial charge in [0.15, 0.2) is 0 Å². The Kier molecular flexibility index (Phi) is 2.98. The molecule has 0 aromatic rings. The average Bonchev–Trinajstić information content (AvgIpc) is 2.93. The van der Waals surface area contributed by atoms with Crippen LogP contribution in [0.1, 0.15) is 19.3 Å². The summed E-state index contributed by atoms with van der Waals surface area (Å²) in [5, 5.41) is 3.05. The second-order valence-corrected chi connectivity index (χ2v) is 5.11. The van der Waals surface area contributed by atoms with E-state index < -0.39 is 0 Å². The van der Waals surface area contributed by atoms with E-state index in [1.807, 2.05) is 0 Å². The van der Waals surface area contributed by atoms with Crippen LogP contribution < -0.4 is 11.1 Å². The van der Waals surface area contributed by atoms with Crippen molar-refractivity contribution in [1.29, 1.82) is 0 Å². The van der Waals surface area contributed by atoms with Gasteiger partial charge in [-0.3, -0.25) is 4.79 Å². The first-order chi connectivity index (χ1) is 7.16. The highest BCUT2D eigenvalue weighted by Crippen LogP contribution is 2.44. The smallest absolute Gasteiger partial charge is 0.227 e. The van der Waals surface area contributed by atoms with Crippen LogP contribution in [0.15, 0.2) is 0 Å². The molecule has 4 heteroatoms. The van der Waals surface area contributed by atoms with Crippen LogP contribution in [-0.4, -0.2) is 44.0 Å². The lowest BCUT2D eigenvalue weighted by Crippen LogP contribution is -2.39. The number of hydrogen-bond acceptors (Lipinski definition) is 3. The molecule has 0 aromatic heterocycles. The summed E-state index contributed by atoms with van der Waals surface area (Å²) in [5.74, 6) is 0.812. The molecular formula is C11H21N3O. The summed E-state index contributed by atoms with van der Waals surface area (Å²) < 4.78 is 0. The standard InChI is InChI=1S/C11H21N3O/c1-14-5-2-9(7-14)6-13-10(15)11(8-12)3-4-11/h9H,2-8,12H2,1H3,(H,13,15). The fraction of sp³-hybridized carbons (Fsp3) is 0.909. The van der Waals surface area contributed by atoms with Crippen LogP contribution in [0.25, 0.3) is 0 Å². The van der Waals surface area contributed by atoms with Crippen molar-refractivity contribution in [1.82, 2.24) is 10.2 Å². The molecule has 86 valence electrons. The molecule has 1 amide bonds. The van der Waals surface area contributed by atoms with Crippen molar-refractivity contribution >= 4 is 5.91 Å². The minimum Gasteiger partial charge on any atom is -0.355 e. The Labute approximate surface area is 91.2 Å². The lowest BCUT2D eigenvalue weighted by Gasteiger charge is -2.15. The summed E-state index contributed by atoms with van der Waals surface area (Å²) in [6.07, 6.45) is 3.15. The number of carbonyl (C=O) groups excluding carboxylic acids is 1. The minimum atomic E-state index is -0.190. The largest absolute Gasteiger partial charge is 0.355 e. The topological polar surface area (TPSA) is 58.4 Å². The molecule has 0 radical (unpaired) electrons. The monoisotopic (exact) mass is 211 g/mol. The molecule has 1 aliphatic heterocycles. The van der Waals surface area contributed by atoms with Gasteiger partial charge in [0.2, 0.25) is 5.91 Å². The van der Waals surface area contributed by atoms with Crippen LogP contribution in [0, 0.1) is 11.3 Å². The summed E-state index contributed by atoms with van der Waals surface area (Å²) in [4.78, 5) is 14.1. The summed E-state index contributed by atoms with van der Waals surface area (Å²) in [7, 11) is 2.13. The van der Waals surface area contributed by atoms with Gasteiger partial charge in [0.1, 0.15) is 0 Å². The molecule has 0 bridgehead atoms. The zero-order valence-electron chi connectivity index (χ0n) is 9.46. The maximum atomic E-state index is 11.8. The van der Waals surface area contributed by atoms with Crippen molar-refractivity contribution in [3.63, 3.8) is 0 Å². The number of amides is 1. The van der Waals surface area contributed by atoms with Crippen molar-refractivity contribution in [2.45, 2.75) is 19.3 Å². The van der Waals surface area contributed by atoms with Gasteiger partial charge in [-0.25, -0.2) is 0 Å². The van der Waals surface area contributed by atoms with E-state index in [9.17, 15) is 4.79 Å². The van der Waals surface area contributed by atoms with E-state index in [4.69, 9.17) is 5.73 Å². The van der Waals surface area contributed by atoms with Crippen LogP contribution >= 0.6 is 0 Å². The summed E-state index contributed by atoms with van der Waals surface area (Å²) in [5.41, 5.74) is 5.42. The van der Waals surface area contributed by atoms with Crippen molar-refractivity contribution < 1.29 is 4.79 Å². The van der Waals surface area contributed by atoms with Crippen molar-refractivity contribution in [3.8, 4) is 0 Å². The van der Waals surface area contributed by atoms with Crippen LogP contribution in [0.5, 0.6) is 0 Å². The van der Waals surface area contributed by atoms with E-state index in [0.29, 0.717) is 12.5 Å². The number of likely N-dealkylation sites (tertiary alicyclic amines) is 1. The van der Waals surface area contributed by atoms with Crippen molar-refractivity contribution in [2.75, 3.05) is 33.2 Å². The van der Waals surface area contributed by atoms with E-state index in [-0.39, 0.29) is 11.3 Å².